The van der Waals surface area contributed by atoms with Gasteiger partial charge in [-0.15, -0.1) is 0 Å². The van der Waals surface area contributed by atoms with Crippen LogP contribution in [0.25, 0.3) is 27.6 Å². The van der Waals surface area contributed by atoms with Gasteiger partial charge in [-0.2, -0.15) is 18.6 Å². The first kappa shape index (κ1) is 27.7. The molecule has 0 fully saturated rings. The maximum Gasteiger partial charge on any atom is 0.335 e. The van der Waals surface area contributed by atoms with Gasteiger partial charge in [-0.25, -0.2) is 0 Å². The Morgan fingerprint density at radius 2 is 1.06 bits per heavy atom. The Morgan fingerprint density at radius 1 is 0.444 bits per heavy atom. The van der Waals surface area contributed by atoms with E-state index in [0.29, 0.717) is 0 Å². The van der Waals surface area contributed by atoms with Crippen LogP contribution in [0.15, 0.2) is 170 Å². The zero-order chi connectivity index (χ0) is 34.9. The molecule has 8 heterocycles. The van der Waals surface area contributed by atoms with Crippen molar-refractivity contribution in [2.45, 2.75) is 5.66 Å². The topological polar surface area (TPSA) is 34.4 Å². The Kier molecular flexibility index (Phi) is 4.68. The van der Waals surface area contributed by atoms with Crippen LogP contribution in [0.1, 0.15) is 11.1 Å². The lowest BCUT2D eigenvalue weighted by Crippen LogP contribution is -2.83. The van der Waals surface area contributed by atoms with Gasteiger partial charge >= 0.3 is 11.5 Å². The number of rotatable bonds is 2. The molecule has 0 N–H and O–H groups in total. The summed E-state index contributed by atoms with van der Waals surface area (Å²) in [5, 5.41) is 8.01. The van der Waals surface area contributed by atoms with Crippen molar-refractivity contribution in [3.05, 3.63) is 181 Å². The molecule has 250 valence electrons. The van der Waals surface area contributed by atoms with Crippen molar-refractivity contribution in [1.82, 2.24) is 4.57 Å². The predicted molar refractivity (Wildman–Crippen MR) is 211 cm³/mol. The van der Waals surface area contributed by atoms with Gasteiger partial charge in [-0.3, -0.25) is 0 Å². The van der Waals surface area contributed by atoms with Gasteiger partial charge in [0.15, 0.2) is 25.0 Å². The molecule has 0 radical (unpaired) electrons. The number of aromatic nitrogens is 3. The van der Waals surface area contributed by atoms with E-state index in [4.69, 9.17) is 9.47 Å². The number of ether oxygens (including phenoxy) is 2. The average molecular weight is 709 g/mol. The van der Waals surface area contributed by atoms with Gasteiger partial charge < -0.3 is 9.47 Å². The Hall–Kier alpha value is -6.96. The molecule has 14 rings (SSSR count). The number of anilines is 3. The van der Waals surface area contributed by atoms with E-state index in [1.54, 1.807) is 0 Å². The highest BCUT2D eigenvalue weighted by atomic mass is 28.3. The molecule has 5 aliphatic rings. The quantitative estimate of drug-likeness (QED) is 0.149. The van der Waals surface area contributed by atoms with Crippen molar-refractivity contribution in [3.63, 3.8) is 0 Å². The molecule has 9 aromatic rings. The molecular weight excluding hydrogens is 681 g/mol. The summed E-state index contributed by atoms with van der Waals surface area (Å²) in [6.45, 7) is 0. The Morgan fingerprint density at radius 3 is 1.89 bits per heavy atom. The van der Waals surface area contributed by atoms with Crippen LogP contribution in [0.5, 0.6) is 23.0 Å². The Labute approximate surface area is 310 Å². The number of para-hydroxylation sites is 3. The second-order valence-corrected chi connectivity index (χ2v) is 18.6. The van der Waals surface area contributed by atoms with Crippen molar-refractivity contribution in [3.8, 4) is 28.8 Å². The van der Waals surface area contributed by atoms with E-state index in [0.717, 1.165) is 51.3 Å². The van der Waals surface area contributed by atoms with E-state index in [1.165, 1.54) is 48.4 Å². The molecule has 3 aromatic heterocycles. The van der Waals surface area contributed by atoms with Crippen molar-refractivity contribution in [2.24, 2.45) is 0 Å². The largest absolute Gasteiger partial charge is 0.456 e. The molecule has 1 atom stereocenters. The smallest absolute Gasteiger partial charge is 0.335 e. The molecule has 6 nitrogen and oxygen atoms in total. The van der Waals surface area contributed by atoms with Gasteiger partial charge in [0, 0.05) is 21.1 Å². The Bertz CT molecular complexity index is 3160. The number of pyridine rings is 2. The van der Waals surface area contributed by atoms with Crippen molar-refractivity contribution in [2.75, 3.05) is 4.90 Å². The second-order valence-electron chi connectivity index (χ2n) is 14.9. The molecule has 0 bridgehead atoms. The summed E-state index contributed by atoms with van der Waals surface area (Å²) < 4.78 is 21.5. The molecule has 6 aromatic carbocycles. The minimum absolute atomic E-state index is 0.818. The molecule has 1 unspecified atom stereocenters. The maximum absolute atomic E-state index is 7.08. The summed E-state index contributed by atoms with van der Waals surface area (Å²) in [4.78, 5) is 2.37. The van der Waals surface area contributed by atoms with E-state index in [1.807, 2.05) is 6.07 Å². The van der Waals surface area contributed by atoms with Crippen LogP contribution in [-0.4, -0.2) is 12.6 Å². The molecule has 7 heteroatoms. The lowest BCUT2D eigenvalue weighted by molar-refractivity contribution is -0.965. The highest BCUT2D eigenvalue weighted by molar-refractivity contribution is 7.21. The van der Waals surface area contributed by atoms with E-state index < -0.39 is 13.7 Å². The minimum Gasteiger partial charge on any atom is -0.456 e. The SMILES string of the molecule is c1ccc([Si]2(c3ccccc3)c3ccc[n+]4c3-n3c5c2cccc5c2ccc5c(c23)C42c3c(cccc3N3c4ccccc4Oc4ccc[n+]2c43)O5)cc1. The van der Waals surface area contributed by atoms with Crippen LogP contribution in [0.4, 0.5) is 17.2 Å². The number of nitrogens with zero attached hydrogens (tertiary/aromatic N) is 4. The molecule has 0 aliphatic carbocycles. The molecule has 0 saturated heterocycles. The average Bonchev–Trinajstić information content (AvgIpc) is 3.58. The number of hydrogen-bond donors (Lipinski definition) is 0. The van der Waals surface area contributed by atoms with Gasteiger partial charge in [-0.05, 0) is 71.0 Å². The van der Waals surface area contributed by atoms with Gasteiger partial charge in [0.25, 0.3) is 5.82 Å². The molecule has 0 saturated carbocycles. The zero-order valence-electron chi connectivity index (χ0n) is 28.8. The molecule has 1 spiro atoms. The third-order valence-corrected chi connectivity index (χ3v) is 17.5. The van der Waals surface area contributed by atoms with Crippen LogP contribution in [0, 0.1) is 0 Å². The minimum atomic E-state index is -2.92. The zero-order valence-corrected chi connectivity index (χ0v) is 29.8. The lowest BCUT2D eigenvalue weighted by Gasteiger charge is -2.46. The van der Waals surface area contributed by atoms with Crippen LogP contribution in [-0.2, 0) is 5.66 Å². The molecule has 0 amide bonds. The molecular formula is C47H28N4O2Si+2. The van der Waals surface area contributed by atoms with Gasteiger partial charge in [-0.1, -0.05) is 97.1 Å². The standard InChI is InChI=1S/C47H28N4O2Si/c1-3-13-29(14-4-1)54(30-15-5-2-6-16-30)39-23-9-17-31-32-25-26-37-42-44(32)51(43(31)39)46-40(54)24-12-28-49(46)47(42)41-34(19-10-21-36(41)53-37)50-33-18-7-8-20-35(33)52-38-22-11-27-48(47)45(38)50/h1-28H/q+2. The predicted octanol–water partition coefficient (Wildman–Crippen LogP) is 6.66. The highest BCUT2D eigenvalue weighted by Crippen LogP contribution is 2.61. The van der Waals surface area contributed by atoms with Crippen molar-refractivity contribution < 1.29 is 18.6 Å². The van der Waals surface area contributed by atoms with Crippen LogP contribution in [0.2, 0.25) is 0 Å². The maximum atomic E-state index is 7.08. The fourth-order valence-corrected chi connectivity index (χ4v) is 16.0. The summed E-state index contributed by atoms with van der Waals surface area (Å²) >= 11 is 0. The first-order valence-corrected chi connectivity index (χ1v) is 20.5. The fourth-order valence-electron chi connectivity index (χ4n) is 10.9. The fraction of sp³-hybridized carbons (Fsp3) is 0.0213. The van der Waals surface area contributed by atoms with Crippen LogP contribution < -0.4 is 44.3 Å². The second kappa shape index (κ2) is 9.15. The summed E-state index contributed by atoms with van der Waals surface area (Å²) in [6, 6.07) is 57.9. The van der Waals surface area contributed by atoms with E-state index in [2.05, 4.69) is 183 Å². The number of benzene rings is 6. The third kappa shape index (κ3) is 2.79. The monoisotopic (exact) mass is 708 g/mol. The van der Waals surface area contributed by atoms with E-state index in [9.17, 15) is 0 Å². The highest BCUT2D eigenvalue weighted by Gasteiger charge is 2.68. The summed E-state index contributed by atoms with van der Waals surface area (Å²) in [5.74, 6) is 5.57. The summed E-state index contributed by atoms with van der Waals surface area (Å²) in [5.41, 5.74) is 5.98. The van der Waals surface area contributed by atoms with Gasteiger partial charge in [0.05, 0.1) is 12.4 Å². The van der Waals surface area contributed by atoms with Crippen molar-refractivity contribution >= 4 is 67.8 Å². The summed E-state index contributed by atoms with van der Waals surface area (Å²) in [7, 11) is -2.92. The lowest BCUT2D eigenvalue weighted by atomic mass is 9.81. The third-order valence-electron chi connectivity index (χ3n) is 12.6. The first-order valence-electron chi connectivity index (χ1n) is 18.5. The number of fused-ring (bicyclic) bond motifs is 4. The molecule has 54 heavy (non-hydrogen) atoms. The Balaban J connectivity index is 1.26. The first-order chi connectivity index (χ1) is 26.8. The number of hydrogen-bond acceptors (Lipinski definition) is 3. The van der Waals surface area contributed by atoms with Crippen LogP contribution >= 0.6 is 0 Å². The van der Waals surface area contributed by atoms with E-state index >= 15 is 0 Å². The van der Waals surface area contributed by atoms with E-state index in [-0.39, 0.29) is 0 Å². The van der Waals surface area contributed by atoms with Crippen molar-refractivity contribution in [1.29, 1.82) is 0 Å². The molecule has 5 aliphatic heterocycles. The normalized spacial score (nSPS) is 17.7. The van der Waals surface area contributed by atoms with Gasteiger partial charge in [0.2, 0.25) is 5.75 Å². The van der Waals surface area contributed by atoms with Gasteiger partial charge in [0.1, 0.15) is 33.8 Å². The summed E-state index contributed by atoms with van der Waals surface area (Å²) in [6.07, 6.45) is 4.56. The van der Waals surface area contributed by atoms with Crippen LogP contribution in [0.3, 0.4) is 0 Å².